The van der Waals surface area contributed by atoms with Crippen molar-refractivity contribution in [1.29, 1.82) is 0 Å². The number of methoxy groups -OCH3 is 1. The smallest absolute Gasteiger partial charge is 0.330 e. The molecular formula is C24H23ClN2O3. The van der Waals surface area contributed by atoms with E-state index in [-0.39, 0.29) is 5.97 Å². The fraction of sp³-hybridized carbons (Fsp3) is 0.250. The first-order valence-electron chi connectivity index (χ1n) is 9.96. The van der Waals surface area contributed by atoms with Crippen molar-refractivity contribution in [2.45, 2.75) is 26.2 Å². The predicted molar refractivity (Wildman–Crippen MR) is 117 cm³/mol. The van der Waals surface area contributed by atoms with Gasteiger partial charge in [0.2, 0.25) is 0 Å². The van der Waals surface area contributed by atoms with Crippen LogP contribution in [-0.4, -0.2) is 29.5 Å². The van der Waals surface area contributed by atoms with E-state index in [4.69, 9.17) is 26.2 Å². The van der Waals surface area contributed by atoms with Gasteiger partial charge in [-0.2, -0.15) is 5.10 Å². The third-order valence-electron chi connectivity index (χ3n) is 5.20. The summed E-state index contributed by atoms with van der Waals surface area (Å²) < 4.78 is 12.4. The number of aryl methyl sites for hydroxylation is 1. The van der Waals surface area contributed by atoms with Gasteiger partial charge >= 0.3 is 5.97 Å². The van der Waals surface area contributed by atoms with E-state index in [0.29, 0.717) is 18.1 Å². The summed E-state index contributed by atoms with van der Waals surface area (Å²) in [5.74, 6) is 0.509. The van der Waals surface area contributed by atoms with Gasteiger partial charge in [-0.1, -0.05) is 29.3 Å². The van der Waals surface area contributed by atoms with Gasteiger partial charge in [0, 0.05) is 22.2 Å². The van der Waals surface area contributed by atoms with Crippen LogP contribution in [0.25, 0.3) is 16.9 Å². The molecule has 0 aliphatic heterocycles. The number of allylic oxidation sites excluding steroid dienone is 1. The van der Waals surface area contributed by atoms with E-state index in [1.54, 1.807) is 13.2 Å². The minimum Gasteiger partial charge on any atom is -0.497 e. The molecule has 0 spiro atoms. The predicted octanol–water partition coefficient (Wildman–Crippen LogP) is 5.18. The maximum atomic E-state index is 12.0. The normalized spacial score (nSPS) is 14.4. The van der Waals surface area contributed by atoms with Gasteiger partial charge in [-0.25, -0.2) is 9.48 Å². The number of esters is 1. The molecule has 5 nitrogen and oxygen atoms in total. The topological polar surface area (TPSA) is 53.3 Å². The van der Waals surface area contributed by atoms with Gasteiger partial charge in [-0.05, 0) is 62.6 Å². The molecule has 1 aliphatic rings. The molecule has 6 heteroatoms. The molecule has 1 heterocycles. The number of ether oxygens (including phenoxy) is 2. The summed E-state index contributed by atoms with van der Waals surface area (Å²) in [6.45, 7) is 2.19. The van der Waals surface area contributed by atoms with E-state index in [1.165, 1.54) is 0 Å². The van der Waals surface area contributed by atoms with E-state index in [9.17, 15) is 4.79 Å². The van der Waals surface area contributed by atoms with Crippen LogP contribution in [0.1, 0.15) is 24.6 Å². The SMILES string of the molecule is CCOC(=O)/C=C1\CCc2nn(-c3ccc(OC)cc3)c(-c3ccc(Cl)cc3)c2C1. The zero-order valence-electron chi connectivity index (χ0n) is 17.0. The molecule has 0 fully saturated rings. The molecule has 154 valence electrons. The van der Waals surface area contributed by atoms with E-state index in [1.807, 2.05) is 60.1 Å². The van der Waals surface area contributed by atoms with Crippen LogP contribution in [0.4, 0.5) is 0 Å². The van der Waals surface area contributed by atoms with E-state index >= 15 is 0 Å². The van der Waals surface area contributed by atoms with Crippen molar-refractivity contribution < 1.29 is 14.3 Å². The zero-order valence-corrected chi connectivity index (χ0v) is 17.8. The highest BCUT2D eigenvalue weighted by Gasteiger charge is 2.25. The lowest BCUT2D eigenvalue weighted by Gasteiger charge is -2.16. The number of benzene rings is 2. The Morgan fingerprint density at radius 3 is 2.53 bits per heavy atom. The lowest BCUT2D eigenvalue weighted by atomic mass is 9.89. The van der Waals surface area contributed by atoms with Gasteiger partial charge in [-0.15, -0.1) is 0 Å². The van der Waals surface area contributed by atoms with Crippen molar-refractivity contribution in [3.63, 3.8) is 0 Å². The van der Waals surface area contributed by atoms with Crippen molar-refractivity contribution in [3.05, 3.63) is 76.5 Å². The first kappa shape index (κ1) is 20.2. The van der Waals surface area contributed by atoms with E-state index in [2.05, 4.69) is 0 Å². The van der Waals surface area contributed by atoms with Crippen LogP contribution >= 0.6 is 11.6 Å². The van der Waals surface area contributed by atoms with Crippen LogP contribution in [0.15, 0.2) is 60.2 Å². The molecule has 0 saturated heterocycles. The minimum absolute atomic E-state index is 0.286. The highest BCUT2D eigenvalue weighted by molar-refractivity contribution is 6.30. The van der Waals surface area contributed by atoms with Gasteiger partial charge < -0.3 is 9.47 Å². The Balaban J connectivity index is 1.81. The third kappa shape index (κ3) is 4.12. The molecule has 0 unspecified atom stereocenters. The maximum absolute atomic E-state index is 12.0. The number of hydrogen-bond donors (Lipinski definition) is 0. The van der Waals surface area contributed by atoms with Crippen molar-refractivity contribution in [3.8, 4) is 22.7 Å². The Morgan fingerprint density at radius 2 is 1.87 bits per heavy atom. The summed E-state index contributed by atoms with van der Waals surface area (Å²) in [6, 6.07) is 15.6. The fourth-order valence-corrected chi connectivity index (χ4v) is 3.89. The van der Waals surface area contributed by atoms with Crippen molar-refractivity contribution >= 4 is 17.6 Å². The summed E-state index contributed by atoms with van der Waals surface area (Å²) in [7, 11) is 1.65. The Labute approximate surface area is 180 Å². The molecule has 0 atom stereocenters. The summed E-state index contributed by atoms with van der Waals surface area (Å²) in [4.78, 5) is 12.0. The Kier molecular flexibility index (Phi) is 5.91. The molecule has 0 radical (unpaired) electrons. The van der Waals surface area contributed by atoms with Crippen molar-refractivity contribution in [2.75, 3.05) is 13.7 Å². The van der Waals surface area contributed by atoms with Crippen LogP contribution in [0.2, 0.25) is 5.02 Å². The molecule has 30 heavy (non-hydrogen) atoms. The monoisotopic (exact) mass is 422 g/mol. The lowest BCUT2D eigenvalue weighted by molar-refractivity contribution is -0.137. The number of nitrogens with zero attached hydrogens (tertiary/aromatic N) is 2. The lowest BCUT2D eigenvalue weighted by Crippen LogP contribution is -2.08. The molecule has 0 N–H and O–H groups in total. The summed E-state index contributed by atoms with van der Waals surface area (Å²) in [5.41, 5.74) is 6.24. The second-order valence-corrected chi connectivity index (χ2v) is 7.56. The van der Waals surface area contributed by atoms with Crippen LogP contribution in [0.3, 0.4) is 0 Å². The highest BCUT2D eigenvalue weighted by atomic mass is 35.5. The largest absolute Gasteiger partial charge is 0.497 e. The number of halogens is 1. The average Bonchev–Trinajstić information content (AvgIpc) is 3.13. The van der Waals surface area contributed by atoms with Gasteiger partial charge in [0.15, 0.2) is 0 Å². The van der Waals surface area contributed by atoms with E-state index in [0.717, 1.165) is 52.4 Å². The minimum atomic E-state index is -0.286. The standard InChI is InChI=1S/C24H23ClN2O3/c1-3-30-23(28)15-16-4-13-22-21(14-16)24(17-5-7-18(25)8-6-17)27(26-22)19-9-11-20(29-2)12-10-19/h5-12,15H,3-4,13-14H2,1-2H3/b16-15+. The first-order valence-corrected chi connectivity index (χ1v) is 10.3. The third-order valence-corrected chi connectivity index (χ3v) is 5.45. The average molecular weight is 423 g/mol. The summed E-state index contributed by atoms with van der Waals surface area (Å²) in [5, 5.41) is 5.61. The highest BCUT2D eigenvalue weighted by Crippen LogP contribution is 2.36. The first-order chi connectivity index (χ1) is 14.6. The number of rotatable bonds is 5. The second-order valence-electron chi connectivity index (χ2n) is 7.12. The summed E-state index contributed by atoms with van der Waals surface area (Å²) >= 11 is 6.12. The molecule has 0 bridgehead atoms. The molecule has 4 rings (SSSR count). The van der Waals surface area contributed by atoms with E-state index < -0.39 is 0 Å². The Morgan fingerprint density at radius 1 is 1.13 bits per heavy atom. The van der Waals surface area contributed by atoms with Gasteiger partial charge in [0.1, 0.15) is 5.75 Å². The van der Waals surface area contributed by atoms with Gasteiger partial charge in [0.05, 0.1) is 30.8 Å². The Hall–Kier alpha value is -3.05. The Bertz CT molecular complexity index is 1080. The zero-order chi connectivity index (χ0) is 21.1. The number of hydrogen-bond acceptors (Lipinski definition) is 4. The number of carbonyl (C=O) groups excluding carboxylic acids is 1. The molecule has 3 aromatic rings. The van der Waals surface area contributed by atoms with Gasteiger partial charge in [-0.3, -0.25) is 0 Å². The molecule has 1 aliphatic carbocycles. The summed E-state index contributed by atoms with van der Waals surface area (Å²) in [6.07, 6.45) is 3.88. The van der Waals surface area contributed by atoms with Crippen LogP contribution in [0, 0.1) is 0 Å². The number of carbonyl (C=O) groups is 1. The van der Waals surface area contributed by atoms with Crippen molar-refractivity contribution in [1.82, 2.24) is 9.78 Å². The molecule has 0 amide bonds. The number of aromatic nitrogens is 2. The van der Waals surface area contributed by atoms with Crippen molar-refractivity contribution in [2.24, 2.45) is 0 Å². The molecule has 0 saturated carbocycles. The fourth-order valence-electron chi connectivity index (χ4n) is 3.76. The van der Waals surface area contributed by atoms with Crippen LogP contribution in [-0.2, 0) is 22.4 Å². The maximum Gasteiger partial charge on any atom is 0.330 e. The molecular weight excluding hydrogens is 400 g/mol. The van der Waals surface area contributed by atoms with Gasteiger partial charge in [0.25, 0.3) is 0 Å². The second kappa shape index (κ2) is 8.76. The van der Waals surface area contributed by atoms with Crippen LogP contribution in [0.5, 0.6) is 5.75 Å². The number of fused-ring (bicyclic) bond motifs is 1. The quantitative estimate of drug-likeness (QED) is 0.420. The molecule has 1 aromatic heterocycles. The van der Waals surface area contributed by atoms with Crippen LogP contribution < -0.4 is 4.74 Å². The molecule has 2 aromatic carbocycles.